The van der Waals surface area contributed by atoms with Gasteiger partial charge in [-0.1, -0.05) is 30.3 Å². The molecule has 5 N–H and O–H groups in total. The van der Waals surface area contributed by atoms with Crippen molar-refractivity contribution < 1.29 is 56.1 Å². The number of aromatic amines is 1. The second kappa shape index (κ2) is 18.3. The lowest BCUT2D eigenvalue weighted by atomic mass is 9.81. The summed E-state index contributed by atoms with van der Waals surface area (Å²) in [5, 5.41) is 22.2. The lowest BCUT2D eigenvalue weighted by Gasteiger charge is -2.29. The fourth-order valence-corrected chi connectivity index (χ4v) is 6.70. The van der Waals surface area contributed by atoms with Gasteiger partial charge >= 0.3 is 29.9 Å². The third-order valence-electron chi connectivity index (χ3n) is 9.99. The zero-order valence-electron chi connectivity index (χ0n) is 33.5. The highest BCUT2D eigenvalue weighted by Gasteiger charge is 2.66. The lowest BCUT2D eigenvalue weighted by molar-refractivity contribution is -0.231. The highest BCUT2D eigenvalue weighted by molar-refractivity contribution is 5.98. The molecule has 3 aromatic carbocycles. The Morgan fingerprint density at radius 3 is 2.12 bits per heavy atom. The van der Waals surface area contributed by atoms with Gasteiger partial charge in [0.25, 0.3) is 0 Å². The van der Waals surface area contributed by atoms with Gasteiger partial charge in [0.1, 0.15) is 11.6 Å². The number of alkyl halides is 4. The molecule has 5 rings (SSSR count). The average Bonchev–Trinajstić information content (AvgIpc) is 3.71. The van der Waals surface area contributed by atoms with Crippen LogP contribution in [0.3, 0.4) is 0 Å². The van der Waals surface area contributed by atoms with E-state index in [0.717, 1.165) is 22.3 Å². The van der Waals surface area contributed by atoms with Crippen molar-refractivity contribution in [1.29, 1.82) is 0 Å². The monoisotopic (exact) mass is 838 g/mol. The van der Waals surface area contributed by atoms with Crippen LogP contribution in [0.4, 0.5) is 28.0 Å². The van der Waals surface area contributed by atoms with Crippen LogP contribution in [0.15, 0.2) is 66.7 Å². The quantitative estimate of drug-likeness (QED) is 0.0648. The number of aliphatic carboxylic acids is 1. The van der Waals surface area contributed by atoms with E-state index in [-0.39, 0.29) is 41.2 Å². The molecule has 1 heterocycles. The van der Waals surface area contributed by atoms with Crippen molar-refractivity contribution in [3.63, 3.8) is 0 Å². The normalized spacial score (nSPS) is 16.3. The summed E-state index contributed by atoms with van der Waals surface area (Å²) in [5.74, 6) is -17.4. The van der Waals surface area contributed by atoms with E-state index >= 15 is 0 Å². The number of nitrogens with zero attached hydrogens (tertiary/aromatic N) is 2. The van der Waals surface area contributed by atoms with Gasteiger partial charge in [0.2, 0.25) is 17.6 Å². The molecule has 18 heteroatoms. The van der Waals surface area contributed by atoms with Crippen molar-refractivity contribution in [2.24, 2.45) is 11.8 Å². The van der Waals surface area contributed by atoms with Gasteiger partial charge < -0.3 is 30.5 Å². The minimum Gasteiger partial charge on any atom is -0.477 e. The number of carbonyl (C=O) groups excluding carboxylic acids is 4. The van der Waals surface area contributed by atoms with Crippen LogP contribution in [0.1, 0.15) is 73.8 Å². The number of rotatable bonds is 14. The zero-order chi connectivity index (χ0) is 44.0. The van der Waals surface area contributed by atoms with E-state index in [1.165, 1.54) is 31.4 Å². The summed E-state index contributed by atoms with van der Waals surface area (Å²) in [5.41, 5.74) is 3.44. The van der Waals surface area contributed by atoms with Crippen LogP contribution < -0.4 is 16.0 Å². The maximum absolute atomic E-state index is 14.3. The first-order valence-electron chi connectivity index (χ1n) is 19.1. The summed E-state index contributed by atoms with van der Waals surface area (Å²) in [6, 6.07) is 17.0. The van der Waals surface area contributed by atoms with Gasteiger partial charge in [0.05, 0.1) is 12.7 Å². The van der Waals surface area contributed by atoms with E-state index in [2.05, 4.69) is 31.1 Å². The molecule has 0 saturated heterocycles. The number of benzene rings is 3. The van der Waals surface area contributed by atoms with Crippen LogP contribution in [0.25, 0.3) is 22.5 Å². The number of nitrogens with one attached hydrogen (secondary N) is 4. The third-order valence-corrected chi connectivity index (χ3v) is 9.99. The summed E-state index contributed by atoms with van der Waals surface area (Å²) in [6.07, 6.45) is 2.00. The number of carbonyl (C=O) groups is 5. The minimum absolute atomic E-state index is 0.0986. The van der Waals surface area contributed by atoms with E-state index in [0.29, 0.717) is 37.8 Å². The largest absolute Gasteiger partial charge is 0.477 e. The van der Waals surface area contributed by atoms with Crippen molar-refractivity contribution in [3.8, 4) is 22.5 Å². The maximum atomic E-state index is 14.3. The van der Waals surface area contributed by atoms with Crippen LogP contribution in [0.5, 0.6) is 0 Å². The number of hydrogen-bond acceptors (Lipinski definition) is 9. The summed E-state index contributed by atoms with van der Waals surface area (Å²) in [7, 11) is 1.31. The van der Waals surface area contributed by atoms with Crippen molar-refractivity contribution in [2.45, 2.75) is 83.3 Å². The van der Waals surface area contributed by atoms with E-state index in [1.807, 2.05) is 37.3 Å². The number of methoxy groups -OCH3 is 1. The highest BCUT2D eigenvalue weighted by Crippen LogP contribution is 2.42. The van der Waals surface area contributed by atoms with E-state index < -0.39 is 53.3 Å². The SMILES string of the molecule is COC(=O)c1ccc(-c2ccc(CC(NC(=O)[C@H]3CC[C@H](CNC(=O)OC(C)(C)C)CC3)C(=O)Nc3ccc(-c4nc(C(F)(F)C(F)(F)C(=O)O)n[nH]4)cc3)cc2)c(C)c1. The molecule has 3 amide bonds. The molecule has 1 aromatic heterocycles. The maximum Gasteiger partial charge on any atom is 0.411 e. The number of halogens is 4. The molecule has 0 spiro atoms. The fourth-order valence-electron chi connectivity index (χ4n) is 6.70. The summed E-state index contributed by atoms with van der Waals surface area (Å²) in [4.78, 5) is 65.8. The second-order valence-corrected chi connectivity index (χ2v) is 15.6. The molecule has 320 valence electrons. The Balaban J connectivity index is 1.29. The van der Waals surface area contributed by atoms with Gasteiger partial charge in [-0.3, -0.25) is 14.7 Å². The first-order valence-corrected chi connectivity index (χ1v) is 19.1. The van der Waals surface area contributed by atoms with Crippen LogP contribution in [0, 0.1) is 18.8 Å². The number of esters is 1. The van der Waals surface area contributed by atoms with Crippen LogP contribution >= 0.6 is 0 Å². The minimum atomic E-state index is -5.47. The molecule has 1 aliphatic rings. The van der Waals surface area contributed by atoms with Gasteiger partial charge in [-0.25, -0.2) is 19.4 Å². The Morgan fingerprint density at radius 1 is 0.900 bits per heavy atom. The van der Waals surface area contributed by atoms with E-state index in [1.54, 1.807) is 32.9 Å². The summed E-state index contributed by atoms with van der Waals surface area (Å²) >= 11 is 0. The molecule has 4 aromatic rings. The Kier molecular flexibility index (Phi) is 13.7. The van der Waals surface area contributed by atoms with Gasteiger partial charge in [0.15, 0.2) is 5.82 Å². The van der Waals surface area contributed by atoms with Gasteiger partial charge in [-0.05, 0) is 118 Å². The van der Waals surface area contributed by atoms with Crippen molar-refractivity contribution >= 4 is 35.5 Å². The number of H-pyrrole nitrogens is 1. The number of ether oxygens (including phenoxy) is 2. The van der Waals surface area contributed by atoms with E-state index in [9.17, 15) is 41.5 Å². The molecule has 60 heavy (non-hydrogen) atoms. The third kappa shape index (κ3) is 10.8. The second-order valence-electron chi connectivity index (χ2n) is 15.6. The lowest BCUT2D eigenvalue weighted by Crippen LogP contribution is -2.48. The van der Waals surface area contributed by atoms with Gasteiger partial charge in [-0.2, -0.15) is 22.7 Å². The predicted molar refractivity (Wildman–Crippen MR) is 210 cm³/mol. The molecule has 0 radical (unpaired) electrons. The number of alkyl carbamates (subject to hydrolysis) is 1. The average molecular weight is 839 g/mol. The molecule has 1 unspecified atom stereocenters. The first kappa shape index (κ1) is 44.8. The van der Waals surface area contributed by atoms with Gasteiger partial charge in [0, 0.05) is 30.1 Å². The summed E-state index contributed by atoms with van der Waals surface area (Å²) in [6.45, 7) is 7.60. The fraction of sp³-hybridized carbons (Fsp3) is 0.405. The number of anilines is 1. The number of aromatic nitrogens is 3. The predicted octanol–water partition coefficient (Wildman–Crippen LogP) is 7.04. The standard InChI is InChI=1S/C42H46F4N6O8/c1-23-20-29(36(55)59-5)16-19-31(23)26-10-6-24(7-11-26)21-32(49-34(53)28-12-8-25(9-13-28)22-47-39(58)60-40(2,3)4)35(54)48-30-17-14-27(15-18-30)33-50-37(52-51-33)41(43,44)42(45,46)38(56)57/h6-7,10-11,14-20,25,28,32H,8-9,12-13,21-22H2,1-5H3,(H,47,58)(H,48,54)(H,49,53)(H,56,57)(H,50,51,52)/t25-,28-,32?. The number of hydrogen-bond donors (Lipinski definition) is 5. The Labute approximate surface area is 342 Å². The van der Waals surface area contributed by atoms with E-state index in [4.69, 9.17) is 14.6 Å². The summed E-state index contributed by atoms with van der Waals surface area (Å²) < 4.78 is 66.0. The molecular weight excluding hydrogens is 792 g/mol. The molecule has 0 bridgehead atoms. The van der Waals surface area contributed by atoms with Crippen LogP contribution in [-0.4, -0.2) is 81.4 Å². The van der Waals surface area contributed by atoms with Crippen LogP contribution in [0.2, 0.25) is 0 Å². The Hall–Kier alpha value is -6.33. The number of carboxylic acid groups (broad SMARTS) is 1. The topological polar surface area (TPSA) is 202 Å². The highest BCUT2D eigenvalue weighted by atomic mass is 19.3. The number of amides is 3. The number of carboxylic acids is 1. The molecule has 0 aliphatic heterocycles. The smallest absolute Gasteiger partial charge is 0.411 e. The van der Waals surface area contributed by atoms with Crippen molar-refractivity contribution in [2.75, 3.05) is 19.0 Å². The molecule has 1 aliphatic carbocycles. The first-order chi connectivity index (χ1) is 28.2. The zero-order valence-corrected chi connectivity index (χ0v) is 33.5. The van der Waals surface area contributed by atoms with Crippen molar-refractivity contribution in [1.82, 2.24) is 25.8 Å². The Morgan fingerprint density at radius 2 is 1.53 bits per heavy atom. The molecular formula is C42H46F4N6O8. The number of aryl methyl sites for hydroxylation is 1. The van der Waals surface area contributed by atoms with Gasteiger partial charge in [-0.15, -0.1) is 0 Å². The molecule has 1 atom stereocenters. The Bertz CT molecular complexity index is 2200. The molecule has 1 fully saturated rings. The van der Waals surface area contributed by atoms with Crippen molar-refractivity contribution in [3.05, 3.63) is 89.2 Å². The van der Waals surface area contributed by atoms with Crippen LogP contribution in [-0.2, 0) is 36.2 Å². The molecule has 14 nitrogen and oxygen atoms in total. The molecule has 1 saturated carbocycles.